The van der Waals surface area contributed by atoms with Crippen LogP contribution in [0.3, 0.4) is 0 Å². The van der Waals surface area contributed by atoms with Crippen molar-refractivity contribution in [2.45, 2.75) is 10.9 Å². The van der Waals surface area contributed by atoms with Crippen LogP contribution in [0.1, 0.15) is 11.1 Å². The van der Waals surface area contributed by atoms with Gasteiger partial charge in [0.2, 0.25) is 5.91 Å². The first-order chi connectivity index (χ1) is 15.0. The van der Waals surface area contributed by atoms with Gasteiger partial charge in [-0.1, -0.05) is 30.0 Å². The van der Waals surface area contributed by atoms with Crippen molar-refractivity contribution in [1.29, 1.82) is 5.26 Å². The number of hydrogen-bond acceptors (Lipinski definition) is 8. The monoisotopic (exact) mass is 435 g/mol. The number of anilines is 2. The molecule has 2 amide bonds. The molecule has 0 saturated carbocycles. The summed E-state index contributed by atoms with van der Waals surface area (Å²) in [5.74, 6) is 0.167. The number of nitrogens with zero attached hydrogens (tertiary/aromatic N) is 4. The van der Waals surface area contributed by atoms with E-state index in [0.29, 0.717) is 27.9 Å². The molecule has 31 heavy (non-hydrogen) atoms. The number of carbonyl (C=O) groups excluding carboxylic acids is 1. The third kappa shape index (κ3) is 5.91. The van der Waals surface area contributed by atoms with Crippen LogP contribution >= 0.6 is 11.8 Å². The van der Waals surface area contributed by atoms with Crippen LogP contribution in [0.25, 0.3) is 11.3 Å². The van der Waals surface area contributed by atoms with E-state index in [0.717, 1.165) is 5.56 Å². The van der Waals surface area contributed by atoms with Gasteiger partial charge in [0.15, 0.2) is 5.16 Å². The summed E-state index contributed by atoms with van der Waals surface area (Å²) in [5, 5.41) is 23.0. The topological polar surface area (TPSA) is 167 Å². The molecule has 0 unspecified atom stereocenters. The fourth-order valence-corrected chi connectivity index (χ4v) is 3.33. The van der Waals surface area contributed by atoms with E-state index in [2.05, 4.69) is 20.3 Å². The Labute approximate surface area is 181 Å². The highest BCUT2D eigenvalue weighted by atomic mass is 32.2. The second kappa shape index (κ2) is 10.0. The first-order valence-electron chi connectivity index (χ1n) is 8.92. The zero-order valence-corrected chi connectivity index (χ0v) is 16.9. The van der Waals surface area contributed by atoms with E-state index in [-0.39, 0.29) is 17.9 Å². The lowest BCUT2D eigenvalue weighted by Gasteiger charge is -2.10. The molecule has 0 aliphatic rings. The second-order valence-corrected chi connectivity index (χ2v) is 7.10. The van der Waals surface area contributed by atoms with Crippen LogP contribution in [0, 0.1) is 11.3 Å². The number of amides is 2. The summed E-state index contributed by atoms with van der Waals surface area (Å²) in [4.78, 5) is 35.0. The molecule has 10 nitrogen and oxygen atoms in total. The lowest BCUT2D eigenvalue weighted by Crippen LogP contribution is -2.31. The Balaban J connectivity index is 1.79. The lowest BCUT2D eigenvalue weighted by molar-refractivity contribution is -0.115. The van der Waals surface area contributed by atoms with Crippen molar-refractivity contribution in [3.8, 4) is 17.3 Å². The van der Waals surface area contributed by atoms with Gasteiger partial charge in [-0.15, -0.1) is 0 Å². The molecule has 0 radical (unpaired) electrons. The minimum atomic E-state index is -1.28. The molecule has 0 fully saturated rings. The standard InChI is InChI=1S/C20H17N7O3S/c21-8-15-17(13-3-5-14(6-4-13)25-16(28)10-24-20(29)30)26-19(27-18(15)22)31-11-12-2-1-7-23-9-12/h1-7,9,24H,10-11H2,(H,25,28)(H,29,30)(H2,22,26,27). The molecule has 0 saturated heterocycles. The number of nitrogens with two attached hydrogens (primary N) is 1. The van der Waals surface area contributed by atoms with E-state index in [1.807, 2.05) is 23.5 Å². The van der Waals surface area contributed by atoms with E-state index in [9.17, 15) is 14.9 Å². The van der Waals surface area contributed by atoms with E-state index in [4.69, 9.17) is 10.8 Å². The molecule has 0 spiro atoms. The molecule has 3 rings (SSSR count). The van der Waals surface area contributed by atoms with Gasteiger partial charge in [-0.3, -0.25) is 9.78 Å². The zero-order chi connectivity index (χ0) is 22.2. The van der Waals surface area contributed by atoms with Crippen LogP contribution in [0.5, 0.6) is 0 Å². The van der Waals surface area contributed by atoms with Gasteiger partial charge >= 0.3 is 6.09 Å². The fourth-order valence-electron chi connectivity index (χ4n) is 2.54. The maximum absolute atomic E-state index is 11.7. The van der Waals surface area contributed by atoms with Crippen molar-refractivity contribution in [2.24, 2.45) is 0 Å². The largest absolute Gasteiger partial charge is 0.465 e. The van der Waals surface area contributed by atoms with Crippen molar-refractivity contribution in [1.82, 2.24) is 20.3 Å². The highest BCUT2D eigenvalue weighted by molar-refractivity contribution is 7.98. The molecule has 0 atom stereocenters. The number of nitrogen functional groups attached to an aromatic ring is 1. The summed E-state index contributed by atoms with van der Waals surface area (Å²) in [6, 6.07) is 12.4. The summed E-state index contributed by atoms with van der Waals surface area (Å²) >= 11 is 1.37. The van der Waals surface area contributed by atoms with Gasteiger partial charge < -0.3 is 21.5 Å². The SMILES string of the molecule is N#Cc1c(N)nc(SCc2cccnc2)nc1-c1ccc(NC(=O)CNC(=O)O)cc1. The minimum absolute atomic E-state index is 0.0818. The number of carboxylic acid groups (broad SMARTS) is 1. The quantitative estimate of drug-likeness (QED) is 0.322. The predicted octanol–water partition coefficient (Wildman–Crippen LogP) is 2.49. The molecule has 156 valence electrons. The highest BCUT2D eigenvalue weighted by Gasteiger charge is 2.15. The molecule has 2 aromatic heterocycles. The fraction of sp³-hybridized carbons (Fsp3) is 0.100. The van der Waals surface area contributed by atoms with Gasteiger partial charge in [-0.2, -0.15) is 5.26 Å². The molecule has 0 aliphatic heterocycles. The number of thioether (sulfide) groups is 1. The molecule has 2 heterocycles. The predicted molar refractivity (Wildman–Crippen MR) is 115 cm³/mol. The Morgan fingerprint density at radius 3 is 2.61 bits per heavy atom. The Hall–Kier alpha value is -4.17. The van der Waals surface area contributed by atoms with E-state index >= 15 is 0 Å². The Morgan fingerprint density at radius 2 is 1.97 bits per heavy atom. The summed E-state index contributed by atoms with van der Waals surface area (Å²) < 4.78 is 0. The zero-order valence-electron chi connectivity index (χ0n) is 16.1. The molecule has 3 aromatic rings. The van der Waals surface area contributed by atoms with Crippen LogP contribution in [-0.4, -0.2) is 38.6 Å². The second-order valence-electron chi connectivity index (χ2n) is 6.16. The summed E-state index contributed by atoms with van der Waals surface area (Å²) in [7, 11) is 0. The van der Waals surface area contributed by atoms with E-state index < -0.39 is 12.0 Å². The summed E-state index contributed by atoms with van der Waals surface area (Å²) in [5.41, 5.74) is 8.61. The maximum Gasteiger partial charge on any atom is 0.405 e. The van der Waals surface area contributed by atoms with Gasteiger partial charge in [0, 0.05) is 29.4 Å². The van der Waals surface area contributed by atoms with Crippen molar-refractivity contribution >= 4 is 35.3 Å². The smallest absolute Gasteiger partial charge is 0.405 e. The van der Waals surface area contributed by atoms with Crippen molar-refractivity contribution < 1.29 is 14.7 Å². The van der Waals surface area contributed by atoms with Crippen LogP contribution in [0.4, 0.5) is 16.3 Å². The van der Waals surface area contributed by atoms with Gasteiger partial charge in [0.1, 0.15) is 24.0 Å². The summed E-state index contributed by atoms with van der Waals surface area (Å²) in [6.45, 7) is -0.365. The van der Waals surface area contributed by atoms with Gasteiger partial charge in [-0.05, 0) is 23.8 Å². The highest BCUT2D eigenvalue weighted by Crippen LogP contribution is 2.29. The van der Waals surface area contributed by atoms with Gasteiger partial charge in [0.05, 0.1) is 5.69 Å². The first-order valence-corrected chi connectivity index (χ1v) is 9.91. The maximum atomic E-state index is 11.7. The number of pyridine rings is 1. The van der Waals surface area contributed by atoms with E-state index in [1.165, 1.54) is 11.8 Å². The molecular formula is C20H17N7O3S. The molecule has 1 aromatic carbocycles. The van der Waals surface area contributed by atoms with Crippen LogP contribution in [0.15, 0.2) is 53.9 Å². The number of benzene rings is 1. The Morgan fingerprint density at radius 1 is 1.19 bits per heavy atom. The average Bonchev–Trinajstić information content (AvgIpc) is 2.77. The molecule has 0 bridgehead atoms. The van der Waals surface area contributed by atoms with Crippen molar-refractivity contribution in [3.05, 3.63) is 59.9 Å². The number of carbonyl (C=O) groups is 2. The Kier molecular flexibility index (Phi) is 6.97. The minimum Gasteiger partial charge on any atom is -0.465 e. The van der Waals surface area contributed by atoms with Crippen LogP contribution in [-0.2, 0) is 10.5 Å². The van der Waals surface area contributed by atoms with Gasteiger partial charge in [-0.25, -0.2) is 14.8 Å². The van der Waals surface area contributed by atoms with Crippen LogP contribution in [0.2, 0.25) is 0 Å². The molecule has 11 heteroatoms. The van der Waals surface area contributed by atoms with Gasteiger partial charge in [0.25, 0.3) is 0 Å². The number of rotatable bonds is 7. The summed E-state index contributed by atoms with van der Waals surface area (Å²) in [6.07, 6.45) is 2.16. The molecular weight excluding hydrogens is 418 g/mol. The van der Waals surface area contributed by atoms with Crippen LogP contribution < -0.4 is 16.4 Å². The number of nitriles is 1. The normalized spacial score (nSPS) is 10.2. The average molecular weight is 435 g/mol. The first kappa shape index (κ1) is 21.5. The van der Waals surface area contributed by atoms with Crippen molar-refractivity contribution in [2.75, 3.05) is 17.6 Å². The number of hydrogen-bond donors (Lipinski definition) is 4. The number of aromatic nitrogens is 3. The number of nitrogens with one attached hydrogen (secondary N) is 2. The van der Waals surface area contributed by atoms with Crippen molar-refractivity contribution in [3.63, 3.8) is 0 Å². The molecule has 0 aliphatic carbocycles. The third-order valence-electron chi connectivity index (χ3n) is 3.96. The third-order valence-corrected chi connectivity index (χ3v) is 4.88. The Bertz CT molecular complexity index is 1130. The molecule has 5 N–H and O–H groups in total. The lowest BCUT2D eigenvalue weighted by atomic mass is 10.1. The van der Waals surface area contributed by atoms with E-state index in [1.54, 1.807) is 36.7 Å².